The fraction of sp³-hybridized carbons (Fsp3) is 0.143. The highest BCUT2D eigenvalue weighted by atomic mass is 16.2. The minimum absolute atomic E-state index is 0.185. The van der Waals surface area contributed by atoms with Gasteiger partial charge in [-0.1, -0.05) is 12.1 Å². The molecule has 1 amide bonds. The Hall–Kier alpha value is -4.72. The molecule has 0 aliphatic heterocycles. The third kappa shape index (κ3) is 5.02. The number of aromatic amines is 1. The molecule has 0 unspecified atom stereocenters. The van der Waals surface area contributed by atoms with Gasteiger partial charge >= 0.3 is 0 Å². The molecule has 36 heavy (non-hydrogen) atoms. The van der Waals surface area contributed by atoms with Crippen LogP contribution >= 0.6 is 0 Å². The summed E-state index contributed by atoms with van der Waals surface area (Å²) in [6.45, 7) is 6.45. The lowest BCUT2D eigenvalue weighted by atomic mass is 10.1. The number of nitrogens with zero attached hydrogens (tertiary/aromatic N) is 4. The third-order valence-electron chi connectivity index (χ3n) is 5.76. The zero-order valence-electron chi connectivity index (χ0n) is 20.4. The summed E-state index contributed by atoms with van der Waals surface area (Å²) in [5, 5.41) is 19.3. The number of anilines is 3. The largest absolute Gasteiger partial charge is 0.355 e. The Balaban J connectivity index is 1.30. The number of benzene rings is 2. The summed E-state index contributed by atoms with van der Waals surface area (Å²) >= 11 is 0. The first-order valence-corrected chi connectivity index (χ1v) is 11.8. The van der Waals surface area contributed by atoms with Crippen molar-refractivity contribution < 1.29 is 4.79 Å². The standard InChI is InChI=1S/C28H27N7O/c1-4-35-27(15-19(3)34-35)28(36)31-22-10-6-9-21(16-22)30-23-11-13-24-25(32-33-26(24)17-23)14-12-20-8-5-7-18(2)29-20/h5-17,30H,4H2,1-3H3,(H,31,36)(H,32,33). The normalized spacial score (nSPS) is 11.3. The van der Waals surface area contributed by atoms with Gasteiger partial charge in [-0.2, -0.15) is 10.2 Å². The van der Waals surface area contributed by atoms with Crippen molar-refractivity contribution in [3.63, 3.8) is 0 Å². The zero-order chi connectivity index (χ0) is 25.1. The van der Waals surface area contributed by atoms with Crippen molar-refractivity contribution in [3.8, 4) is 0 Å². The molecule has 2 aromatic carbocycles. The highest BCUT2D eigenvalue weighted by Gasteiger charge is 2.13. The number of hydrogen-bond acceptors (Lipinski definition) is 5. The van der Waals surface area contributed by atoms with Gasteiger partial charge in [0.15, 0.2) is 0 Å². The fourth-order valence-corrected chi connectivity index (χ4v) is 4.07. The van der Waals surface area contributed by atoms with E-state index < -0.39 is 0 Å². The highest BCUT2D eigenvalue weighted by molar-refractivity contribution is 6.03. The summed E-state index contributed by atoms with van der Waals surface area (Å²) in [5.41, 5.74) is 7.47. The van der Waals surface area contributed by atoms with E-state index in [1.54, 1.807) is 10.7 Å². The van der Waals surface area contributed by atoms with E-state index in [-0.39, 0.29) is 5.91 Å². The third-order valence-corrected chi connectivity index (χ3v) is 5.76. The number of aromatic nitrogens is 5. The van der Waals surface area contributed by atoms with Crippen LogP contribution in [-0.4, -0.2) is 30.9 Å². The van der Waals surface area contributed by atoms with Gasteiger partial charge in [-0.15, -0.1) is 0 Å². The molecule has 0 saturated carbocycles. The van der Waals surface area contributed by atoms with Gasteiger partial charge in [-0.3, -0.25) is 19.6 Å². The van der Waals surface area contributed by atoms with Crippen molar-refractivity contribution in [2.45, 2.75) is 27.3 Å². The predicted molar refractivity (Wildman–Crippen MR) is 144 cm³/mol. The lowest BCUT2D eigenvalue weighted by Crippen LogP contribution is -2.17. The van der Waals surface area contributed by atoms with Gasteiger partial charge in [0.1, 0.15) is 5.69 Å². The Bertz CT molecular complexity index is 1580. The minimum atomic E-state index is -0.185. The molecule has 0 saturated heterocycles. The number of aryl methyl sites for hydroxylation is 3. The van der Waals surface area contributed by atoms with Crippen LogP contribution in [0, 0.1) is 13.8 Å². The van der Waals surface area contributed by atoms with Gasteiger partial charge in [0.25, 0.3) is 5.91 Å². The Morgan fingerprint density at radius 3 is 2.58 bits per heavy atom. The van der Waals surface area contributed by atoms with Crippen LogP contribution in [-0.2, 0) is 6.54 Å². The first-order valence-electron chi connectivity index (χ1n) is 11.8. The van der Waals surface area contributed by atoms with Crippen molar-refractivity contribution in [1.82, 2.24) is 25.0 Å². The molecule has 3 heterocycles. The number of carbonyl (C=O) groups excluding carboxylic acids is 1. The lowest BCUT2D eigenvalue weighted by molar-refractivity contribution is 0.101. The molecule has 3 N–H and O–H groups in total. The van der Waals surface area contributed by atoms with Crippen molar-refractivity contribution in [3.05, 3.63) is 95.2 Å². The molecule has 3 aromatic heterocycles. The van der Waals surface area contributed by atoms with Crippen LogP contribution in [0.3, 0.4) is 0 Å². The van der Waals surface area contributed by atoms with Crippen LogP contribution in [0.15, 0.2) is 66.7 Å². The second kappa shape index (κ2) is 9.87. The maximum absolute atomic E-state index is 12.8. The van der Waals surface area contributed by atoms with Gasteiger partial charge in [0, 0.05) is 34.7 Å². The average Bonchev–Trinajstić information content (AvgIpc) is 3.45. The quantitative estimate of drug-likeness (QED) is 0.269. The van der Waals surface area contributed by atoms with Crippen LogP contribution < -0.4 is 10.6 Å². The number of hydrogen-bond donors (Lipinski definition) is 3. The van der Waals surface area contributed by atoms with Crippen LogP contribution in [0.2, 0.25) is 0 Å². The van der Waals surface area contributed by atoms with Crippen molar-refractivity contribution in [2.24, 2.45) is 0 Å². The predicted octanol–water partition coefficient (Wildman–Crippen LogP) is 5.96. The maximum atomic E-state index is 12.8. The Labute approximate surface area is 209 Å². The molecular formula is C28H27N7O. The van der Waals surface area contributed by atoms with Crippen LogP contribution in [0.25, 0.3) is 23.1 Å². The first-order chi connectivity index (χ1) is 17.5. The smallest absolute Gasteiger partial charge is 0.273 e. The summed E-state index contributed by atoms with van der Waals surface area (Å²) in [5.74, 6) is -0.185. The minimum Gasteiger partial charge on any atom is -0.355 e. The average molecular weight is 478 g/mol. The molecule has 8 heteroatoms. The number of nitrogens with one attached hydrogen (secondary N) is 3. The van der Waals surface area contributed by atoms with Crippen molar-refractivity contribution >= 4 is 46.0 Å². The molecule has 0 fully saturated rings. The Morgan fingerprint density at radius 2 is 1.75 bits per heavy atom. The molecule has 0 radical (unpaired) electrons. The van der Waals surface area contributed by atoms with E-state index in [9.17, 15) is 4.79 Å². The molecule has 0 atom stereocenters. The second-order valence-corrected chi connectivity index (χ2v) is 8.55. The lowest BCUT2D eigenvalue weighted by Gasteiger charge is -2.10. The molecule has 0 aliphatic carbocycles. The van der Waals surface area contributed by atoms with E-state index in [0.717, 1.165) is 45.1 Å². The molecule has 5 rings (SSSR count). The summed E-state index contributed by atoms with van der Waals surface area (Å²) in [6.07, 6.45) is 3.93. The zero-order valence-corrected chi connectivity index (χ0v) is 20.4. The van der Waals surface area contributed by atoms with Crippen LogP contribution in [0.1, 0.15) is 40.2 Å². The van der Waals surface area contributed by atoms with Crippen molar-refractivity contribution in [1.29, 1.82) is 0 Å². The maximum Gasteiger partial charge on any atom is 0.273 e. The van der Waals surface area contributed by atoms with Crippen molar-refractivity contribution in [2.75, 3.05) is 10.6 Å². The fourth-order valence-electron chi connectivity index (χ4n) is 4.07. The SMILES string of the molecule is CCn1nc(C)cc1C(=O)Nc1cccc(Nc2ccc3c(C=Cc4cccc(C)n4)n[nH]c3c2)c1. The van der Waals surface area contributed by atoms with E-state index in [1.165, 1.54) is 0 Å². The van der Waals surface area contributed by atoms with Gasteiger partial charge in [-0.25, -0.2) is 0 Å². The molecular weight excluding hydrogens is 450 g/mol. The van der Waals surface area contributed by atoms with E-state index in [1.807, 2.05) is 93.6 Å². The Kier molecular flexibility index (Phi) is 6.32. The summed E-state index contributed by atoms with van der Waals surface area (Å²) < 4.78 is 1.70. The van der Waals surface area contributed by atoms with E-state index in [4.69, 9.17) is 0 Å². The van der Waals surface area contributed by atoms with Gasteiger partial charge in [-0.05, 0) is 87.5 Å². The van der Waals surface area contributed by atoms with E-state index in [2.05, 4.69) is 30.9 Å². The summed E-state index contributed by atoms with van der Waals surface area (Å²) in [4.78, 5) is 17.3. The number of rotatable bonds is 7. The van der Waals surface area contributed by atoms with Gasteiger partial charge in [0.05, 0.1) is 22.6 Å². The summed E-state index contributed by atoms with van der Waals surface area (Å²) in [6, 6.07) is 21.4. The molecule has 180 valence electrons. The molecule has 0 aliphatic rings. The van der Waals surface area contributed by atoms with Gasteiger partial charge < -0.3 is 10.6 Å². The monoisotopic (exact) mass is 477 g/mol. The van der Waals surface area contributed by atoms with Gasteiger partial charge in [0.2, 0.25) is 0 Å². The Morgan fingerprint density at radius 1 is 0.944 bits per heavy atom. The number of H-pyrrole nitrogens is 1. The summed E-state index contributed by atoms with van der Waals surface area (Å²) in [7, 11) is 0. The number of pyridine rings is 1. The molecule has 0 spiro atoms. The number of carbonyl (C=O) groups is 1. The second-order valence-electron chi connectivity index (χ2n) is 8.55. The van der Waals surface area contributed by atoms with Crippen LogP contribution in [0.5, 0.6) is 0 Å². The number of fused-ring (bicyclic) bond motifs is 1. The van der Waals surface area contributed by atoms with Crippen LogP contribution in [0.4, 0.5) is 17.1 Å². The topological polar surface area (TPSA) is 101 Å². The highest BCUT2D eigenvalue weighted by Crippen LogP contribution is 2.25. The van der Waals surface area contributed by atoms with E-state index in [0.29, 0.717) is 17.9 Å². The van der Waals surface area contributed by atoms with E-state index >= 15 is 0 Å². The molecule has 0 bridgehead atoms. The number of amides is 1. The molecule has 5 aromatic rings. The first kappa shape index (κ1) is 23.0. The molecule has 8 nitrogen and oxygen atoms in total.